The third-order valence-corrected chi connectivity index (χ3v) is 4.10. The summed E-state index contributed by atoms with van der Waals surface area (Å²) in [6.07, 6.45) is 0.223. The van der Waals surface area contributed by atoms with Crippen molar-refractivity contribution in [3.8, 4) is 11.5 Å². The van der Waals surface area contributed by atoms with E-state index in [0.29, 0.717) is 22.6 Å². The Labute approximate surface area is 174 Å². The van der Waals surface area contributed by atoms with Crippen LogP contribution in [0.3, 0.4) is 0 Å². The molecule has 0 amide bonds. The van der Waals surface area contributed by atoms with Gasteiger partial charge in [-0.2, -0.15) is 0 Å². The SMILES string of the molecule is CC(=O)Oc1ccccc1CNC(CCOCc1ccccc1OC(C)=O)C(=O)O. The zero-order valence-corrected chi connectivity index (χ0v) is 16.9. The predicted molar refractivity (Wildman–Crippen MR) is 108 cm³/mol. The van der Waals surface area contributed by atoms with E-state index in [9.17, 15) is 19.5 Å². The molecule has 8 nitrogen and oxygen atoms in total. The maximum Gasteiger partial charge on any atom is 0.320 e. The van der Waals surface area contributed by atoms with E-state index in [1.165, 1.54) is 13.8 Å². The van der Waals surface area contributed by atoms with Gasteiger partial charge in [-0.05, 0) is 18.6 Å². The van der Waals surface area contributed by atoms with E-state index in [4.69, 9.17) is 14.2 Å². The number of esters is 2. The highest BCUT2D eigenvalue weighted by Crippen LogP contribution is 2.20. The van der Waals surface area contributed by atoms with Gasteiger partial charge in [0.05, 0.1) is 6.61 Å². The highest BCUT2D eigenvalue weighted by molar-refractivity contribution is 5.73. The number of rotatable bonds is 11. The highest BCUT2D eigenvalue weighted by atomic mass is 16.5. The van der Waals surface area contributed by atoms with Crippen molar-refractivity contribution in [1.82, 2.24) is 5.32 Å². The summed E-state index contributed by atoms with van der Waals surface area (Å²) in [6, 6.07) is 13.1. The lowest BCUT2D eigenvalue weighted by Gasteiger charge is -2.16. The molecule has 0 saturated carbocycles. The molecule has 0 aliphatic rings. The molecule has 1 atom stereocenters. The maximum atomic E-state index is 11.6. The normalized spacial score (nSPS) is 11.5. The van der Waals surface area contributed by atoms with Gasteiger partial charge in [0.15, 0.2) is 0 Å². The van der Waals surface area contributed by atoms with Gasteiger partial charge in [0.1, 0.15) is 17.5 Å². The molecular formula is C22H25NO7. The summed E-state index contributed by atoms with van der Waals surface area (Å²) in [4.78, 5) is 33.9. The number of carbonyl (C=O) groups excluding carboxylic acids is 2. The number of carboxylic acid groups (broad SMARTS) is 1. The van der Waals surface area contributed by atoms with Crippen LogP contribution in [0.25, 0.3) is 0 Å². The maximum absolute atomic E-state index is 11.6. The minimum absolute atomic E-state index is 0.184. The van der Waals surface area contributed by atoms with Crippen molar-refractivity contribution in [2.75, 3.05) is 6.61 Å². The molecule has 8 heteroatoms. The molecule has 1 unspecified atom stereocenters. The minimum atomic E-state index is -1.01. The zero-order valence-electron chi connectivity index (χ0n) is 16.9. The number of hydrogen-bond donors (Lipinski definition) is 2. The Morgan fingerprint density at radius 3 is 2.00 bits per heavy atom. The molecule has 0 aliphatic carbocycles. The molecule has 0 aromatic heterocycles. The van der Waals surface area contributed by atoms with Crippen molar-refractivity contribution in [3.05, 3.63) is 59.7 Å². The highest BCUT2D eigenvalue weighted by Gasteiger charge is 2.18. The van der Waals surface area contributed by atoms with Crippen LogP contribution in [0.2, 0.25) is 0 Å². The molecule has 160 valence electrons. The second kappa shape index (κ2) is 11.7. The first-order chi connectivity index (χ1) is 14.4. The lowest BCUT2D eigenvalue weighted by atomic mass is 10.1. The van der Waals surface area contributed by atoms with E-state index < -0.39 is 23.9 Å². The number of para-hydroxylation sites is 2. The van der Waals surface area contributed by atoms with Crippen LogP contribution in [-0.2, 0) is 32.3 Å². The van der Waals surface area contributed by atoms with Gasteiger partial charge in [-0.15, -0.1) is 0 Å². The Bertz CT molecular complexity index is 881. The number of carboxylic acids is 1. The third-order valence-electron chi connectivity index (χ3n) is 4.10. The number of aliphatic carboxylic acids is 1. The van der Waals surface area contributed by atoms with Crippen molar-refractivity contribution >= 4 is 17.9 Å². The molecule has 30 heavy (non-hydrogen) atoms. The predicted octanol–water partition coefficient (Wildman–Crippen LogP) is 2.69. The first kappa shape index (κ1) is 23.1. The zero-order chi connectivity index (χ0) is 21.9. The summed E-state index contributed by atoms with van der Waals surface area (Å²) in [5.41, 5.74) is 1.37. The van der Waals surface area contributed by atoms with Crippen LogP contribution in [0.1, 0.15) is 31.4 Å². The van der Waals surface area contributed by atoms with Gasteiger partial charge in [-0.3, -0.25) is 14.4 Å². The summed E-state index contributed by atoms with van der Waals surface area (Å²) in [6.45, 7) is 3.21. The third kappa shape index (κ3) is 7.65. The molecule has 2 aromatic rings. The van der Waals surface area contributed by atoms with Crippen LogP contribution in [0.5, 0.6) is 11.5 Å². The standard InChI is InChI=1S/C22H25NO7/c1-15(24)29-20-9-5-3-7-17(20)13-23-19(22(26)27)11-12-28-14-18-8-4-6-10-21(18)30-16(2)25/h3-10,19,23H,11-14H2,1-2H3,(H,26,27). The molecule has 0 heterocycles. The van der Waals surface area contributed by atoms with Crippen LogP contribution in [-0.4, -0.2) is 35.7 Å². The van der Waals surface area contributed by atoms with Crippen LogP contribution < -0.4 is 14.8 Å². The van der Waals surface area contributed by atoms with Gasteiger partial charge in [0.2, 0.25) is 0 Å². The summed E-state index contributed by atoms with van der Waals surface area (Å²) < 4.78 is 15.9. The monoisotopic (exact) mass is 415 g/mol. The Kier molecular flexibility index (Phi) is 8.99. The van der Waals surface area contributed by atoms with E-state index in [-0.39, 0.29) is 26.2 Å². The topological polar surface area (TPSA) is 111 Å². The number of ether oxygens (including phenoxy) is 3. The van der Waals surface area contributed by atoms with Crippen LogP contribution in [0.15, 0.2) is 48.5 Å². The number of hydrogen-bond acceptors (Lipinski definition) is 7. The first-order valence-corrected chi connectivity index (χ1v) is 9.43. The fourth-order valence-corrected chi connectivity index (χ4v) is 2.71. The lowest BCUT2D eigenvalue weighted by Crippen LogP contribution is -2.37. The van der Waals surface area contributed by atoms with Crippen molar-refractivity contribution in [2.45, 2.75) is 39.5 Å². The average Bonchev–Trinajstić information content (AvgIpc) is 2.68. The van der Waals surface area contributed by atoms with Gasteiger partial charge < -0.3 is 24.6 Å². The van der Waals surface area contributed by atoms with Gasteiger partial charge in [0.25, 0.3) is 0 Å². The lowest BCUT2D eigenvalue weighted by molar-refractivity contribution is -0.140. The average molecular weight is 415 g/mol. The first-order valence-electron chi connectivity index (χ1n) is 9.43. The summed E-state index contributed by atoms with van der Waals surface area (Å²) in [5, 5.41) is 12.4. The largest absolute Gasteiger partial charge is 0.480 e. The number of carbonyl (C=O) groups is 3. The van der Waals surface area contributed by atoms with Crippen molar-refractivity contribution in [1.29, 1.82) is 0 Å². The van der Waals surface area contributed by atoms with Gasteiger partial charge in [-0.1, -0.05) is 36.4 Å². The molecule has 0 aliphatic heterocycles. The fraction of sp³-hybridized carbons (Fsp3) is 0.318. The molecule has 0 saturated heterocycles. The van der Waals surface area contributed by atoms with Crippen LogP contribution in [0.4, 0.5) is 0 Å². The molecule has 0 fully saturated rings. The Morgan fingerprint density at radius 1 is 0.900 bits per heavy atom. The van der Waals surface area contributed by atoms with E-state index in [1.807, 2.05) is 0 Å². The number of nitrogens with one attached hydrogen (secondary N) is 1. The van der Waals surface area contributed by atoms with Crippen molar-refractivity contribution in [3.63, 3.8) is 0 Å². The molecule has 0 radical (unpaired) electrons. The van der Waals surface area contributed by atoms with Crippen molar-refractivity contribution < 1.29 is 33.7 Å². The molecule has 2 aromatic carbocycles. The van der Waals surface area contributed by atoms with Crippen LogP contribution in [0, 0.1) is 0 Å². The van der Waals surface area contributed by atoms with Gasteiger partial charge in [-0.25, -0.2) is 0 Å². The van der Waals surface area contributed by atoms with Gasteiger partial charge in [0, 0.05) is 38.1 Å². The summed E-state index contributed by atoms with van der Waals surface area (Å²) in [5.74, 6) is -1.07. The van der Waals surface area contributed by atoms with Gasteiger partial charge >= 0.3 is 17.9 Å². The second-order valence-corrected chi connectivity index (χ2v) is 6.52. The van der Waals surface area contributed by atoms with Crippen molar-refractivity contribution in [2.24, 2.45) is 0 Å². The molecule has 0 spiro atoms. The Morgan fingerprint density at radius 2 is 1.43 bits per heavy atom. The molecule has 2 rings (SSSR count). The second-order valence-electron chi connectivity index (χ2n) is 6.52. The molecular weight excluding hydrogens is 390 g/mol. The molecule has 0 bridgehead atoms. The summed E-state index contributed by atoms with van der Waals surface area (Å²) >= 11 is 0. The smallest absolute Gasteiger partial charge is 0.320 e. The van der Waals surface area contributed by atoms with Crippen LogP contribution >= 0.6 is 0 Å². The quantitative estimate of drug-likeness (QED) is 0.327. The van der Waals surface area contributed by atoms with E-state index >= 15 is 0 Å². The van der Waals surface area contributed by atoms with E-state index in [2.05, 4.69) is 5.32 Å². The Balaban J connectivity index is 1.87. The van der Waals surface area contributed by atoms with E-state index in [0.717, 1.165) is 0 Å². The molecule has 2 N–H and O–H groups in total. The van der Waals surface area contributed by atoms with E-state index in [1.54, 1.807) is 48.5 Å². The number of benzene rings is 2. The summed E-state index contributed by atoms with van der Waals surface area (Å²) in [7, 11) is 0. The fourth-order valence-electron chi connectivity index (χ4n) is 2.71. The Hall–Kier alpha value is -3.23. The minimum Gasteiger partial charge on any atom is -0.480 e.